The number of benzene rings is 1. The summed E-state index contributed by atoms with van der Waals surface area (Å²) >= 11 is 17.7. The third kappa shape index (κ3) is 3.11. The lowest BCUT2D eigenvalue weighted by molar-refractivity contribution is -0.141. The molecule has 2 rings (SSSR count). The molecule has 1 aliphatic rings. The van der Waals surface area contributed by atoms with Crippen LogP contribution in [0.2, 0.25) is 15.1 Å². The molecule has 0 spiro atoms. The standard InChI is InChI=1S/C12H11Cl3N2O3/c13-6-4-7(14)10(8(15)5-6)16-12(20)17-3-1-2-9(17)11(18)19/h4-5,9H,1-3H2,(H,16,20)(H,18,19)/t9-/m0/s1. The number of nitrogens with zero attached hydrogens (tertiary/aromatic N) is 1. The zero-order valence-electron chi connectivity index (χ0n) is 10.2. The fourth-order valence-corrected chi connectivity index (χ4v) is 3.02. The van der Waals surface area contributed by atoms with E-state index in [0.29, 0.717) is 24.4 Å². The van der Waals surface area contributed by atoms with Crippen molar-refractivity contribution in [2.24, 2.45) is 0 Å². The van der Waals surface area contributed by atoms with Crippen LogP contribution in [0.1, 0.15) is 12.8 Å². The summed E-state index contributed by atoms with van der Waals surface area (Å²) in [6, 6.07) is 1.54. The van der Waals surface area contributed by atoms with Gasteiger partial charge in [0.05, 0.1) is 15.7 Å². The van der Waals surface area contributed by atoms with Gasteiger partial charge in [-0.2, -0.15) is 0 Å². The quantitative estimate of drug-likeness (QED) is 0.864. The molecule has 1 aromatic carbocycles. The van der Waals surface area contributed by atoms with Gasteiger partial charge in [-0.1, -0.05) is 34.8 Å². The van der Waals surface area contributed by atoms with E-state index in [2.05, 4.69) is 5.32 Å². The van der Waals surface area contributed by atoms with E-state index in [0.717, 1.165) is 0 Å². The highest BCUT2D eigenvalue weighted by molar-refractivity contribution is 6.42. The van der Waals surface area contributed by atoms with Crippen molar-refractivity contribution in [3.63, 3.8) is 0 Å². The summed E-state index contributed by atoms with van der Waals surface area (Å²) in [5, 5.41) is 12.3. The van der Waals surface area contributed by atoms with Gasteiger partial charge >= 0.3 is 12.0 Å². The fourth-order valence-electron chi connectivity index (χ4n) is 2.11. The number of carboxylic acid groups (broad SMARTS) is 1. The second-order valence-corrected chi connectivity index (χ2v) is 5.62. The van der Waals surface area contributed by atoms with Gasteiger partial charge in [-0.3, -0.25) is 0 Å². The van der Waals surface area contributed by atoms with Crippen molar-refractivity contribution in [1.29, 1.82) is 0 Å². The summed E-state index contributed by atoms with van der Waals surface area (Å²) in [5.74, 6) is -1.02. The Bertz CT molecular complexity index is 542. The van der Waals surface area contributed by atoms with Crippen LogP contribution in [0, 0.1) is 0 Å². The van der Waals surface area contributed by atoms with E-state index < -0.39 is 18.0 Å². The Morgan fingerprint density at radius 2 is 1.85 bits per heavy atom. The van der Waals surface area contributed by atoms with Crippen LogP contribution in [-0.2, 0) is 4.79 Å². The number of anilines is 1. The molecule has 0 saturated carbocycles. The molecule has 2 amide bonds. The first-order valence-corrected chi connectivity index (χ1v) is 6.98. The number of hydrogen-bond acceptors (Lipinski definition) is 2. The number of urea groups is 1. The Balaban J connectivity index is 2.18. The van der Waals surface area contributed by atoms with E-state index in [1.165, 1.54) is 17.0 Å². The van der Waals surface area contributed by atoms with Crippen molar-refractivity contribution in [3.05, 3.63) is 27.2 Å². The first-order chi connectivity index (χ1) is 9.40. The highest BCUT2D eigenvalue weighted by Crippen LogP contribution is 2.34. The Morgan fingerprint density at radius 1 is 1.25 bits per heavy atom. The lowest BCUT2D eigenvalue weighted by Gasteiger charge is -2.22. The maximum Gasteiger partial charge on any atom is 0.326 e. The molecule has 1 aromatic rings. The Morgan fingerprint density at radius 3 is 2.40 bits per heavy atom. The molecule has 0 bridgehead atoms. The van der Waals surface area contributed by atoms with Crippen LogP contribution in [0.4, 0.5) is 10.5 Å². The number of aliphatic carboxylic acids is 1. The van der Waals surface area contributed by atoms with Crippen LogP contribution in [0.15, 0.2) is 12.1 Å². The molecular formula is C12H11Cl3N2O3. The first kappa shape index (κ1) is 15.2. The van der Waals surface area contributed by atoms with E-state index in [-0.39, 0.29) is 15.7 Å². The lowest BCUT2D eigenvalue weighted by atomic mass is 10.2. The molecule has 108 valence electrons. The van der Waals surface area contributed by atoms with Crippen LogP contribution < -0.4 is 5.32 Å². The third-order valence-corrected chi connectivity index (χ3v) is 3.85. The van der Waals surface area contributed by atoms with Gasteiger partial charge in [0, 0.05) is 11.6 Å². The number of carbonyl (C=O) groups excluding carboxylic acids is 1. The largest absolute Gasteiger partial charge is 0.480 e. The number of nitrogens with one attached hydrogen (secondary N) is 1. The Labute approximate surface area is 130 Å². The van der Waals surface area contributed by atoms with E-state index in [1.54, 1.807) is 0 Å². The molecule has 2 N–H and O–H groups in total. The number of carboxylic acids is 1. The average Bonchev–Trinajstić information content (AvgIpc) is 2.82. The monoisotopic (exact) mass is 336 g/mol. The van der Waals surface area contributed by atoms with Gasteiger partial charge in [-0.15, -0.1) is 0 Å². The maximum absolute atomic E-state index is 12.1. The molecule has 0 aliphatic carbocycles. The second-order valence-electron chi connectivity index (χ2n) is 4.36. The number of rotatable bonds is 2. The minimum Gasteiger partial charge on any atom is -0.480 e. The van der Waals surface area contributed by atoms with Crippen LogP contribution in [0.5, 0.6) is 0 Å². The molecule has 1 atom stereocenters. The number of carbonyl (C=O) groups is 2. The van der Waals surface area contributed by atoms with Crippen LogP contribution in [0.3, 0.4) is 0 Å². The highest BCUT2D eigenvalue weighted by atomic mass is 35.5. The Hall–Kier alpha value is -1.17. The predicted octanol–water partition coefficient (Wildman–Crippen LogP) is 3.73. The van der Waals surface area contributed by atoms with Crippen LogP contribution in [0.25, 0.3) is 0 Å². The number of likely N-dealkylation sites (tertiary alicyclic amines) is 1. The SMILES string of the molecule is O=C(O)[C@@H]1CCCN1C(=O)Nc1c(Cl)cc(Cl)cc1Cl. The van der Waals surface area contributed by atoms with E-state index in [1.807, 2.05) is 0 Å². The number of hydrogen-bond donors (Lipinski definition) is 2. The predicted molar refractivity (Wildman–Crippen MR) is 77.9 cm³/mol. The molecule has 0 radical (unpaired) electrons. The van der Waals surface area contributed by atoms with Gasteiger partial charge in [0.25, 0.3) is 0 Å². The average molecular weight is 338 g/mol. The van der Waals surface area contributed by atoms with Crippen molar-refractivity contribution >= 4 is 52.5 Å². The molecule has 1 heterocycles. The normalized spacial score (nSPS) is 18.1. The van der Waals surface area contributed by atoms with Crippen molar-refractivity contribution in [3.8, 4) is 0 Å². The third-order valence-electron chi connectivity index (χ3n) is 3.04. The minimum atomic E-state index is -1.02. The molecule has 1 fully saturated rings. The van der Waals surface area contributed by atoms with Crippen LogP contribution >= 0.6 is 34.8 Å². The maximum atomic E-state index is 12.1. The lowest BCUT2D eigenvalue weighted by Crippen LogP contribution is -2.42. The summed E-state index contributed by atoms with van der Waals surface area (Å²) in [6.45, 7) is 0.381. The van der Waals surface area contributed by atoms with Crippen LogP contribution in [-0.4, -0.2) is 34.6 Å². The first-order valence-electron chi connectivity index (χ1n) is 5.85. The second kappa shape index (κ2) is 6.08. The summed E-state index contributed by atoms with van der Waals surface area (Å²) in [6.07, 6.45) is 1.08. The molecule has 1 aliphatic heterocycles. The molecule has 20 heavy (non-hydrogen) atoms. The molecular weight excluding hydrogens is 327 g/mol. The van der Waals surface area contributed by atoms with Gasteiger partial charge in [0.15, 0.2) is 0 Å². The summed E-state index contributed by atoms with van der Waals surface area (Å²) < 4.78 is 0. The zero-order valence-corrected chi connectivity index (χ0v) is 12.5. The molecule has 8 heteroatoms. The van der Waals surface area contributed by atoms with Gasteiger partial charge < -0.3 is 15.3 Å². The van der Waals surface area contributed by atoms with E-state index in [9.17, 15) is 9.59 Å². The molecule has 0 unspecified atom stereocenters. The summed E-state index contributed by atoms with van der Waals surface area (Å²) in [5.41, 5.74) is 0.221. The molecule has 1 saturated heterocycles. The zero-order chi connectivity index (χ0) is 14.9. The fraction of sp³-hybridized carbons (Fsp3) is 0.333. The van der Waals surface area contributed by atoms with E-state index in [4.69, 9.17) is 39.9 Å². The molecule has 5 nitrogen and oxygen atoms in total. The molecule has 0 aromatic heterocycles. The number of amides is 2. The topological polar surface area (TPSA) is 69.6 Å². The van der Waals surface area contributed by atoms with Gasteiger partial charge in [-0.25, -0.2) is 9.59 Å². The van der Waals surface area contributed by atoms with Gasteiger partial charge in [0.1, 0.15) is 6.04 Å². The summed E-state index contributed by atoms with van der Waals surface area (Å²) in [7, 11) is 0. The highest BCUT2D eigenvalue weighted by Gasteiger charge is 2.34. The smallest absolute Gasteiger partial charge is 0.326 e. The van der Waals surface area contributed by atoms with Gasteiger partial charge in [-0.05, 0) is 25.0 Å². The van der Waals surface area contributed by atoms with E-state index >= 15 is 0 Å². The van der Waals surface area contributed by atoms with Crippen molar-refractivity contribution in [2.75, 3.05) is 11.9 Å². The van der Waals surface area contributed by atoms with Crippen molar-refractivity contribution < 1.29 is 14.7 Å². The Kier molecular flexibility index (Phi) is 4.62. The van der Waals surface area contributed by atoms with Crippen molar-refractivity contribution in [2.45, 2.75) is 18.9 Å². The minimum absolute atomic E-state index is 0.196. The summed E-state index contributed by atoms with van der Waals surface area (Å²) in [4.78, 5) is 24.4. The van der Waals surface area contributed by atoms with Crippen molar-refractivity contribution in [1.82, 2.24) is 4.90 Å². The number of halogens is 3. The van der Waals surface area contributed by atoms with Gasteiger partial charge in [0.2, 0.25) is 0 Å².